The number of anilines is 1. The Morgan fingerprint density at radius 2 is 2.13 bits per heavy atom. The molecule has 1 aliphatic rings. The molecule has 3 N–H and O–H groups in total. The third-order valence-corrected chi connectivity index (χ3v) is 5.16. The first-order valence-electron chi connectivity index (χ1n) is 7.70. The molecule has 3 rings (SSSR count). The Kier molecular flexibility index (Phi) is 4.58. The van der Waals surface area contributed by atoms with Crippen LogP contribution in [0.15, 0.2) is 18.2 Å². The van der Waals surface area contributed by atoms with Crippen molar-refractivity contribution in [2.45, 2.75) is 19.8 Å². The number of likely N-dealkylation sites (tertiary alicyclic amines) is 1. The molecule has 7 heteroatoms. The summed E-state index contributed by atoms with van der Waals surface area (Å²) in [5, 5.41) is 3.51. The fraction of sp³-hybridized carbons (Fsp3) is 0.438. The van der Waals surface area contributed by atoms with E-state index < -0.39 is 0 Å². The minimum absolute atomic E-state index is 0.0541. The second-order valence-electron chi connectivity index (χ2n) is 5.94. The first kappa shape index (κ1) is 15.9. The molecular weight excluding hydrogens is 312 g/mol. The van der Waals surface area contributed by atoms with Crippen molar-refractivity contribution in [3.63, 3.8) is 0 Å². The van der Waals surface area contributed by atoms with Crippen LogP contribution in [0.1, 0.15) is 18.4 Å². The smallest absolute Gasteiger partial charge is 0.240 e. The van der Waals surface area contributed by atoms with Gasteiger partial charge in [0.25, 0.3) is 0 Å². The Morgan fingerprint density at radius 3 is 2.78 bits per heavy atom. The van der Waals surface area contributed by atoms with Gasteiger partial charge in [0.15, 0.2) is 5.13 Å². The molecule has 2 heterocycles. The van der Waals surface area contributed by atoms with Gasteiger partial charge in [0.05, 0.1) is 16.8 Å². The van der Waals surface area contributed by atoms with Crippen LogP contribution in [0.4, 0.5) is 5.13 Å². The van der Waals surface area contributed by atoms with E-state index >= 15 is 0 Å². The fourth-order valence-electron chi connectivity index (χ4n) is 2.88. The maximum Gasteiger partial charge on any atom is 0.240 e. The van der Waals surface area contributed by atoms with E-state index in [2.05, 4.69) is 10.3 Å². The number of aryl methyl sites for hydroxylation is 1. The molecule has 0 aliphatic carbocycles. The quantitative estimate of drug-likeness (QED) is 0.892. The third kappa shape index (κ3) is 3.68. The van der Waals surface area contributed by atoms with Crippen molar-refractivity contribution in [2.75, 3.05) is 25.0 Å². The van der Waals surface area contributed by atoms with Crippen molar-refractivity contribution in [3.05, 3.63) is 23.8 Å². The number of aromatic nitrogens is 1. The van der Waals surface area contributed by atoms with Gasteiger partial charge in [-0.25, -0.2) is 4.98 Å². The number of para-hydroxylation sites is 1. The largest absolute Gasteiger partial charge is 0.369 e. The Balaban J connectivity index is 1.57. The Morgan fingerprint density at radius 1 is 1.39 bits per heavy atom. The number of nitrogens with two attached hydrogens (primary N) is 1. The molecule has 1 aromatic heterocycles. The zero-order valence-corrected chi connectivity index (χ0v) is 13.9. The molecule has 0 radical (unpaired) electrons. The van der Waals surface area contributed by atoms with Gasteiger partial charge in [-0.2, -0.15) is 0 Å². The highest BCUT2D eigenvalue weighted by molar-refractivity contribution is 7.22. The minimum Gasteiger partial charge on any atom is -0.369 e. The molecule has 6 nitrogen and oxygen atoms in total. The maximum atomic E-state index is 12.2. The van der Waals surface area contributed by atoms with Crippen molar-refractivity contribution >= 4 is 38.5 Å². The van der Waals surface area contributed by atoms with E-state index in [1.807, 2.05) is 30.0 Å². The highest BCUT2D eigenvalue weighted by Crippen LogP contribution is 2.27. The van der Waals surface area contributed by atoms with Gasteiger partial charge in [-0.1, -0.05) is 23.5 Å². The molecule has 1 aliphatic heterocycles. The highest BCUT2D eigenvalue weighted by atomic mass is 32.1. The third-order valence-electron chi connectivity index (χ3n) is 4.22. The van der Waals surface area contributed by atoms with Gasteiger partial charge in [-0.3, -0.25) is 14.5 Å². The summed E-state index contributed by atoms with van der Waals surface area (Å²) in [7, 11) is 0. The number of hydrogen-bond acceptors (Lipinski definition) is 5. The first-order chi connectivity index (χ1) is 11.0. The average molecular weight is 332 g/mol. The maximum absolute atomic E-state index is 12.2. The standard InChI is InChI=1S/C16H20N4O2S/c1-10-3-2-4-12-14(10)19-16(23-12)18-13(21)9-20-7-5-11(6-8-20)15(17)22/h2-4,11H,5-9H2,1H3,(H2,17,22)(H,18,19,21). The molecule has 23 heavy (non-hydrogen) atoms. The summed E-state index contributed by atoms with van der Waals surface area (Å²) in [4.78, 5) is 29.9. The van der Waals surface area contributed by atoms with Crippen molar-refractivity contribution < 1.29 is 9.59 Å². The number of thiazole rings is 1. The molecule has 0 spiro atoms. The predicted molar refractivity (Wildman–Crippen MR) is 91.3 cm³/mol. The Labute approximate surface area is 138 Å². The lowest BCUT2D eigenvalue weighted by Crippen LogP contribution is -2.42. The molecular formula is C16H20N4O2S. The molecule has 2 aromatic rings. The Hall–Kier alpha value is -1.99. The van der Waals surface area contributed by atoms with Crippen LogP contribution < -0.4 is 11.1 Å². The molecule has 1 saturated heterocycles. The number of amides is 2. The lowest BCUT2D eigenvalue weighted by Gasteiger charge is -2.29. The lowest BCUT2D eigenvalue weighted by molar-refractivity contribution is -0.123. The van der Waals surface area contributed by atoms with Crippen molar-refractivity contribution in [1.82, 2.24) is 9.88 Å². The second-order valence-corrected chi connectivity index (χ2v) is 6.97. The highest BCUT2D eigenvalue weighted by Gasteiger charge is 2.24. The first-order valence-corrected chi connectivity index (χ1v) is 8.52. The van der Waals surface area contributed by atoms with Gasteiger partial charge in [0.1, 0.15) is 0 Å². The summed E-state index contributed by atoms with van der Waals surface area (Å²) >= 11 is 1.48. The minimum atomic E-state index is -0.237. The summed E-state index contributed by atoms with van der Waals surface area (Å²) in [6.45, 7) is 3.77. The van der Waals surface area contributed by atoms with Gasteiger partial charge in [0, 0.05) is 5.92 Å². The molecule has 0 bridgehead atoms. The summed E-state index contributed by atoms with van der Waals surface area (Å²) < 4.78 is 1.07. The van der Waals surface area contributed by atoms with Gasteiger partial charge < -0.3 is 11.1 Å². The van der Waals surface area contributed by atoms with Crippen LogP contribution in [0.5, 0.6) is 0 Å². The van der Waals surface area contributed by atoms with Crippen molar-refractivity contribution in [2.24, 2.45) is 11.7 Å². The molecule has 0 saturated carbocycles. The molecule has 122 valence electrons. The van der Waals surface area contributed by atoms with Gasteiger partial charge in [0.2, 0.25) is 11.8 Å². The molecule has 2 amide bonds. The number of piperidine rings is 1. The summed E-state index contributed by atoms with van der Waals surface area (Å²) in [5.74, 6) is -0.361. The monoisotopic (exact) mass is 332 g/mol. The van der Waals surface area contributed by atoms with E-state index in [-0.39, 0.29) is 17.7 Å². The Bertz CT molecular complexity index is 735. The number of carbonyl (C=O) groups is 2. The van der Waals surface area contributed by atoms with Crippen molar-refractivity contribution in [1.29, 1.82) is 0 Å². The zero-order chi connectivity index (χ0) is 16.4. The number of primary amides is 1. The van der Waals surface area contributed by atoms with E-state index in [0.717, 1.165) is 41.7 Å². The second kappa shape index (κ2) is 6.64. The number of rotatable bonds is 4. The van der Waals surface area contributed by atoms with Crippen LogP contribution in [0.25, 0.3) is 10.2 Å². The SMILES string of the molecule is Cc1cccc2sc(NC(=O)CN3CCC(C(N)=O)CC3)nc12. The lowest BCUT2D eigenvalue weighted by atomic mass is 9.96. The van der Waals surface area contributed by atoms with Gasteiger partial charge >= 0.3 is 0 Å². The predicted octanol–water partition coefficient (Wildman–Crippen LogP) is 1.74. The van der Waals surface area contributed by atoms with Gasteiger partial charge in [-0.15, -0.1) is 0 Å². The molecule has 1 aromatic carbocycles. The van der Waals surface area contributed by atoms with Crippen LogP contribution in [0, 0.1) is 12.8 Å². The van der Waals surface area contributed by atoms with Crippen LogP contribution >= 0.6 is 11.3 Å². The topological polar surface area (TPSA) is 88.3 Å². The van der Waals surface area contributed by atoms with E-state index in [9.17, 15) is 9.59 Å². The summed E-state index contributed by atoms with van der Waals surface area (Å²) in [5.41, 5.74) is 7.37. The number of nitrogens with one attached hydrogen (secondary N) is 1. The van der Waals surface area contributed by atoms with Crippen LogP contribution in [-0.4, -0.2) is 41.3 Å². The van der Waals surface area contributed by atoms with Crippen LogP contribution in [-0.2, 0) is 9.59 Å². The molecule has 0 unspecified atom stereocenters. The van der Waals surface area contributed by atoms with E-state index in [1.54, 1.807) is 0 Å². The van der Waals surface area contributed by atoms with Crippen LogP contribution in [0.3, 0.4) is 0 Å². The normalized spacial score (nSPS) is 16.6. The molecule has 0 atom stereocenters. The molecule has 1 fully saturated rings. The van der Waals surface area contributed by atoms with E-state index in [0.29, 0.717) is 11.7 Å². The van der Waals surface area contributed by atoms with Crippen LogP contribution in [0.2, 0.25) is 0 Å². The number of fused-ring (bicyclic) bond motifs is 1. The van der Waals surface area contributed by atoms with E-state index in [1.165, 1.54) is 11.3 Å². The summed E-state index contributed by atoms with van der Waals surface area (Å²) in [6.07, 6.45) is 1.45. The summed E-state index contributed by atoms with van der Waals surface area (Å²) in [6, 6.07) is 6.01. The zero-order valence-electron chi connectivity index (χ0n) is 13.0. The van der Waals surface area contributed by atoms with Gasteiger partial charge in [-0.05, 0) is 44.5 Å². The number of nitrogens with zero attached hydrogens (tertiary/aromatic N) is 2. The number of hydrogen-bond donors (Lipinski definition) is 2. The number of benzene rings is 1. The average Bonchev–Trinajstić information content (AvgIpc) is 2.91. The van der Waals surface area contributed by atoms with Crippen molar-refractivity contribution in [3.8, 4) is 0 Å². The number of carbonyl (C=O) groups excluding carboxylic acids is 2. The van der Waals surface area contributed by atoms with E-state index in [4.69, 9.17) is 5.73 Å². The fourth-order valence-corrected chi connectivity index (χ4v) is 3.84.